The van der Waals surface area contributed by atoms with Gasteiger partial charge in [0.15, 0.2) is 5.13 Å². The number of benzene rings is 1. The topological polar surface area (TPSA) is 34.1 Å². The molecule has 0 aliphatic heterocycles. The zero-order chi connectivity index (χ0) is 12.5. The monoisotopic (exact) mass is 280 g/mol. The molecule has 1 aromatic carbocycles. The van der Waals surface area contributed by atoms with Crippen molar-refractivity contribution >= 4 is 28.1 Å². The van der Waals surface area contributed by atoms with E-state index in [0.717, 1.165) is 28.8 Å². The summed E-state index contributed by atoms with van der Waals surface area (Å²) in [4.78, 5) is 5.95. The third kappa shape index (κ3) is 2.11. The summed E-state index contributed by atoms with van der Waals surface area (Å²) >= 11 is 7.72. The Morgan fingerprint density at radius 3 is 3.22 bits per heavy atom. The molecule has 0 radical (unpaired) electrons. The molecule has 0 unspecified atom stereocenters. The summed E-state index contributed by atoms with van der Waals surface area (Å²) in [6.07, 6.45) is 0.939. The van der Waals surface area contributed by atoms with Gasteiger partial charge in [-0.25, -0.2) is 4.98 Å². The molecule has 1 aliphatic rings. The Labute approximate surface area is 115 Å². The van der Waals surface area contributed by atoms with Crippen LogP contribution in [0.3, 0.4) is 0 Å². The van der Waals surface area contributed by atoms with E-state index in [0.29, 0.717) is 6.61 Å². The second-order valence-electron chi connectivity index (χ2n) is 4.19. The van der Waals surface area contributed by atoms with Crippen LogP contribution in [0, 0.1) is 0 Å². The van der Waals surface area contributed by atoms with E-state index in [1.165, 1.54) is 16.0 Å². The Hall–Kier alpha value is -1.10. The lowest BCUT2D eigenvalue weighted by Gasteiger charge is -2.02. The molecule has 18 heavy (non-hydrogen) atoms. The standard InChI is InChI=1S/C13H13ClN2OS/c1-17-5-4-15-13-16-12-10-3-2-9(14)6-8(10)7-11(12)18-13/h2-3,6H,4-5,7H2,1H3,(H,15,16). The SMILES string of the molecule is COCCNc1nc2c(s1)Cc1cc(Cl)ccc1-2. The molecule has 2 aromatic rings. The Bertz CT molecular complexity index is 582. The van der Waals surface area contributed by atoms with E-state index in [-0.39, 0.29) is 0 Å². The highest BCUT2D eigenvalue weighted by Crippen LogP contribution is 2.41. The van der Waals surface area contributed by atoms with Gasteiger partial charge in [0.25, 0.3) is 0 Å². The first-order valence-electron chi connectivity index (χ1n) is 5.79. The van der Waals surface area contributed by atoms with E-state index in [1.54, 1.807) is 18.4 Å². The normalized spacial score (nSPS) is 12.3. The van der Waals surface area contributed by atoms with Crippen LogP contribution in [0.1, 0.15) is 10.4 Å². The number of anilines is 1. The number of nitrogens with zero attached hydrogens (tertiary/aromatic N) is 1. The Kier molecular flexibility index (Phi) is 3.24. The van der Waals surface area contributed by atoms with E-state index in [9.17, 15) is 0 Å². The van der Waals surface area contributed by atoms with Crippen LogP contribution in [0.25, 0.3) is 11.3 Å². The van der Waals surface area contributed by atoms with Crippen molar-refractivity contribution in [3.8, 4) is 11.3 Å². The summed E-state index contributed by atoms with van der Waals surface area (Å²) in [5, 5.41) is 5.04. The molecule has 0 amide bonds. The smallest absolute Gasteiger partial charge is 0.183 e. The van der Waals surface area contributed by atoms with Gasteiger partial charge in [-0.3, -0.25) is 0 Å². The number of hydrogen-bond acceptors (Lipinski definition) is 4. The average molecular weight is 281 g/mol. The van der Waals surface area contributed by atoms with Crippen LogP contribution in [0.2, 0.25) is 5.02 Å². The third-order valence-corrected chi connectivity index (χ3v) is 4.20. The molecule has 1 aliphatic carbocycles. The largest absolute Gasteiger partial charge is 0.383 e. The predicted molar refractivity (Wildman–Crippen MR) is 75.7 cm³/mol. The quantitative estimate of drug-likeness (QED) is 0.744. The highest BCUT2D eigenvalue weighted by atomic mass is 35.5. The van der Waals surface area contributed by atoms with Crippen LogP contribution >= 0.6 is 22.9 Å². The molecule has 5 heteroatoms. The van der Waals surface area contributed by atoms with Gasteiger partial charge in [0.1, 0.15) is 0 Å². The Balaban J connectivity index is 1.84. The van der Waals surface area contributed by atoms with E-state index in [2.05, 4.69) is 16.4 Å². The first-order chi connectivity index (χ1) is 8.78. The summed E-state index contributed by atoms with van der Waals surface area (Å²) in [5.41, 5.74) is 3.59. The molecule has 0 bridgehead atoms. The molecule has 1 aromatic heterocycles. The van der Waals surface area contributed by atoms with Crippen LogP contribution in [0.5, 0.6) is 0 Å². The average Bonchev–Trinajstić information content (AvgIpc) is 2.85. The number of rotatable bonds is 4. The number of hydrogen-bond donors (Lipinski definition) is 1. The maximum atomic E-state index is 6.01. The molecular weight excluding hydrogens is 268 g/mol. The molecule has 3 nitrogen and oxygen atoms in total. The van der Waals surface area contributed by atoms with Crippen molar-refractivity contribution in [2.45, 2.75) is 6.42 Å². The highest BCUT2D eigenvalue weighted by molar-refractivity contribution is 7.16. The lowest BCUT2D eigenvalue weighted by molar-refractivity contribution is 0.211. The third-order valence-electron chi connectivity index (χ3n) is 2.95. The van der Waals surface area contributed by atoms with Crippen molar-refractivity contribution in [3.05, 3.63) is 33.7 Å². The van der Waals surface area contributed by atoms with Crippen LogP contribution < -0.4 is 5.32 Å². The van der Waals surface area contributed by atoms with Gasteiger partial charge in [0, 0.05) is 35.5 Å². The molecule has 0 atom stereocenters. The summed E-state index contributed by atoms with van der Waals surface area (Å²) in [5.74, 6) is 0. The van der Waals surface area contributed by atoms with Gasteiger partial charge in [0.05, 0.1) is 12.3 Å². The number of fused-ring (bicyclic) bond motifs is 3. The number of nitrogens with one attached hydrogen (secondary N) is 1. The Morgan fingerprint density at radius 1 is 1.50 bits per heavy atom. The second kappa shape index (κ2) is 4.88. The Morgan fingerprint density at radius 2 is 2.39 bits per heavy atom. The second-order valence-corrected chi connectivity index (χ2v) is 5.71. The van der Waals surface area contributed by atoms with Crippen molar-refractivity contribution in [1.82, 2.24) is 4.98 Å². The van der Waals surface area contributed by atoms with Gasteiger partial charge >= 0.3 is 0 Å². The van der Waals surface area contributed by atoms with Crippen LogP contribution in [0.4, 0.5) is 5.13 Å². The minimum Gasteiger partial charge on any atom is -0.383 e. The van der Waals surface area contributed by atoms with Gasteiger partial charge < -0.3 is 10.1 Å². The van der Waals surface area contributed by atoms with Gasteiger partial charge in [0.2, 0.25) is 0 Å². The number of aromatic nitrogens is 1. The maximum Gasteiger partial charge on any atom is 0.183 e. The number of halogens is 1. The van der Waals surface area contributed by atoms with E-state index < -0.39 is 0 Å². The molecule has 1 heterocycles. The van der Waals surface area contributed by atoms with Gasteiger partial charge in [-0.05, 0) is 17.7 Å². The minimum absolute atomic E-state index is 0.691. The molecule has 0 saturated heterocycles. The summed E-state index contributed by atoms with van der Waals surface area (Å²) in [6, 6.07) is 6.01. The molecule has 1 N–H and O–H groups in total. The number of thiazole rings is 1. The minimum atomic E-state index is 0.691. The van der Waals surface area contributed by atoms with Crippen molar-refractivity contribution in [3.63, 3.8) is 0 Å². The first-order valence-corrected chi connectivity index (χ1v) is 6.98. The summed E-state index contributed by atoms with van der Waals surface area (Å²) in [6.45, 7) is 1.48. The molecule has 94 valence electrons. The fourth-order valence-electron chi connectivity index (χ4n) is 2.13. The predicted octanol–water partition coefficient (Wildman–Crippen LogP) is 3.43. The van der Waals surface area contributed by atoms with E-state index in [4.69, 9.17) is 16.3 Å². The van der Waals surface area contributed by atoms with Crippen molar-refractivity contribution in [1.29, 1.82) is 0 Å². The van der Waals surface area contributed by atoms with Gasteiger partial charge in [-0.15, -0.1) is 11.3 Å². The van der Waals surface area contributed by atoms with Gasteiger partial charge in [-0.1, -0.05) is 17.7 Å². The van der Waals surface area contributed by atoms with E-state index >= 15 is 0 Å². The van der Waals surface area contributed by atoms with Gasteiger partial charge in [-0.2, -0.15) is 0 Å². The zero-order valence-electron chi connectivity index (χ0n) is 10.00. The summed E-state index contributed by atoms with van der Waals surface area (Å²) < 4.78 is 5.01. The molecule has 3 rings (SSSR count). The first kappa shape index (κ1) is 12.0. The highest BCUT2D eigenvalue weighted by Gasteiger charge is 2.23. The van der Waals surface area contributed by atoms with Crippen molar-refractivity contribution in [2.24, 2.45) is 0 Å². The van der Waals surface area contributed by atoms with Crippen molar-refractivity contribution < 1.29 is 4.74 Å². The molecule has 0 saturated carbocycles. The molecule has 0 spiro atoms. The number of methoxy groups -OCH3 is 1. The maximum absolute atomic E-state index is 6.01. The van der Waals surface area contributed by atoms with E-state index in [1.807, 2.05) is 12.1 Å². The number of ether oxygens (including phenoxy) is 1. The van der Waals surface area contributed by atoms with Crippen LogP contribution in [-0.4, -0.2) is 25.2 Å². The fraction of sp³-hybridized carbons (Fsp3) is 0.308. The molecular formula is C13H13ClN2OS. The summed E-state index contributed by atoms with van der Waals surface area (Å²) in [7, 11) is 1.70. The van der Waals surface area contributed by atoms with Crippen LogP contribution in [0.15, 0.2) is 18.2 Å². The van der Waals surface area contributed by atoms with Crippen LogP contribution in [-0.2, 0) is 11.2 Å². The van der Waals surface area contributed by atoms with Crippen molar-refractivity contribution in [2.75, 3.05) is 25.6 Å². The zero-order valence-corrected chi connectivity index (χ0v) is 11.6. The lowest BCUT2D eigenvalue weighted by Crippen LogP contribution is -2.07. The fourth-order valence-corrected chi connectivity index (χ4v) is 3.35. The molecule has 0 fully saturated rings. The lowest BCUT2D eigenvalue weighted by atomic mass is 10.1.